The molecule has 0 saturated carbocycles. The maximum Gasteiger partial charge on any atom is 0.332 e. The van der Waals surface area contributed by atoms with Gasteiger partial charge in [-0.05, 0) is 46.5 Å². The van der Waals surface area contributed by atoms with Crippen molar-refractivity contribution in [3.8, 4) is 5.69 Å². The summed E-state index contributed by atoms with van der Waals surface area (Å²) in [5.74, 6) is 0.921. The molecule has 2 heterocycles. The largest absolute Gasteiger partial charge is 0.332 e. The first-order valence-corrected chi connectivity index (χ1v) is 8.00. The van der Waals surface area contributed by atoms with Crippen molar-refractivity contribution in [1.82, 2.24) is 19.5 Å². The molecule has 0 radical (unpaired) electrons. The van der Waals surface area contributed by atoms with E-state index in [1.54, 1.807) is 6.92 Å². The van der Waals surface area contributed by atoms with Crippen LogP contribution in [0, 0.1) is 6.92 Å². The molecule has 0 fully saturated rings. The summed E-state index contributed by atoms with van der Waals surface area (Å²) in [6.07, 6.45) is 0. The molecule has 0 bridgehead atoms. The van der Waals surface area contributed by atoms with Crippen LogP contribution in [0.5, 0.6) is 0 Å². The number of nitrogens with zero attached hydrogens (tertiary/aromatic N) is 3. The second kappa shape index (κ2) is 5.52. The third-order valence-corrected chi connectivity index (χ3v) is 4.39. The fourth-order valence-electron chi connectivity index (χ4n) is 2.34. The van der Waals surface area contributed by atoms with E-state index in [-0.39, 0.29) is 10.8 Å². The summed E-state index contributed by atoms with van der Waals surface area (Å²) in [6.45, 7) is 5.98. The lowest BCUT2D eigenvalue weighted by Gasteiger charge is -2.10. The van der Waals surface area contributed by atoms with Gasteiger partial charge in [-0.15, -0.1) is 0 Å². The first-order valence-electron chi connectivity index (χ1n) is 6.83. The molecule has 0 amide bonds. The number of H-pyrrole nitrogens is 1. The Hall–Kier alpha value is -1.66. The number of nitrogens with one attached hydrogen (secondary N) is 1. The predicted molar refractivity (Wildman–Crippen MR) is 91.0 cm³/mol. The van der Waals surface area contributed by atoms with Crippen LogP contribution in [-0.2, 0) is 0 Å². The van der Waals surface area contributed by atoms with Crippen LogP contribution in [0.1, 0.15) is 31.2 Å². The van der Waals surface area contributed by atoms with Crippen molar-refractivity contribution in [2.24, 2.45) is 0 Å². The average molecular weight is 382 g/mol. The van der Waals surface area contributed by atoms with Gasteiger partial charge in [0.05, 0.1) is 5.69 Å². The van der Waals surface area contributed by atoms with Gasteiger partial charge in [-0.1, -0.05) is 31.5 Å². The number of aromatic nitrogens is 4. The number of hydrogen-bond donors (Lipinski definition) is 1. The highest BCUT2D eigenvalue weighted by Gasteiger charge is 2.16. The number of imidazole rings is 1. The molecule has 0 aliphatic rings. The standard InChI is InChI=1S/C15H14BrClN4O/c1-7(2)9-4-5-11(10(16)6-9)21-14-12(20-15(21)22)13(17)18-8(3)19-14/h4-7H,1-3H3,(H,20,22). The van der Waals surface area contributed by atoms with Gasteiger partial charge in [0.2, 0.25) is 0 Å². The van der Waals surface area contributed by atoms with E-state index in [1.165, 1.54) is 10.1 Å². The van der Waals surface area contributed by atoms with Crippen molar-refractivity contribution in [2.75, 3.05) is 0 Å². The van der Waals surface area contributed by atoms with Crippen LogP contribution in [0.4, 0.5) is 0 Å². The number of aromatic amines is 1. The Bertz CT molecular complexity index is 929. The molecule has 0 aliphatic carbocycles. The number of rotatable bonds is 2. The van der Waals surface area contributed by atoms with Crippen LogP contribution >= 0.6 is 27.5 Å². The average Bonchev–Trinajstić information content (AvgIpc) is 2.75. The smallest absolute Gasteiger partial charge is 0.301 e. The molecule has 22 heavy (non-hydrogen) atoms. The summed E-state index contributed by atoms with van der Waals surface area (Å²) in [6, 6.07) is 5.92. The van der Waals surface area contributed by atoms with Gasteiger partial charge in [-0.2, -0.15) is 0 Å². The molecule has 0 saturated heterocycles. The van der Waals surface area contributed by atoms with Gasteiger partial charge in [0.1, 0.15) is 11.3 Å². The van der Waals surface area contributed by atoms with Gasteiger partial charge in [0.15, 0.2) is 10.8 Å². The quantitative estimate of drug-likeness (QED) is 0.683. The Labute approximate surface area is 140 Å². The molecule has 2 aromatic heterocycles. The number of halogens is 2. The number of aryl methyl sites for hydroxylation is 1. The van der Waals surface area contributed by atoms with Crippen molar-refractivity contribution in [1.29, 1.82) is 0 Å². The summed E-state index contributed by atoms with van der Waals surface area (Å²) in [7, 11) is 0. The third-order valence-electron chi connectivity index (χ3n) is 3.48. The molecular formula is C15H14BrClN4O. The molecule has 0 spiro atoms. The van der Waals surface area contributed by atoms with Crippen LogP contribution in [-0.4, -0.2) is 19.5 Å². The summed E-state index contributed by atoms with van der Waals surface area (Å²) < 4.78 is 2.33. The van der Waals surface area contributed by atoms with E-state index in [0.29, 0.717) is 22.9 Å². The summed E-state index contributed by atoms with van der Waals surface area (Å²) in [5, 5.41) is 0.244. The third kappa shape index (κ3) is 2.46. The van der Waals surface area contributed by atoms with Gasteiger partial charge >= 0.3 is 5.69 Å². The van der Waals surface area contributed by atoms with Gasteiger partial charge in [-0.25, -0.2) is 19.3 Å². The zero-order valence-corrected chi connectivity index (χ0v) is 14.7. The van der Waals surface area contributed by atoms with Crippen molar-refractivity contribution >= 4 is 38.7 Å². The molecule has 5 nitrogen and oxygen atoms in total. The van der Waals surface area contributed by atoms with Crippen LogP contribution in [0.25, 0.3) is 16.9 Å². The van der Waals surface area contributed by atoms with Gasteiger partial charge < -0.3 is 4.98 Å². The Morgan fingerprint density at radius 3 is 2.68 bits per heavy atom. The second-order valence-electron chi connectivity index (χ2n) is 5.39. The van der Waals surface area contributed by atoms with E-state index in [0.717, 1.165) is 10.2 Å². The zero-order chi connectivity index (χ0) is 16.0. The van der Waals surface area contributed by atoms with Crippen molar-refractivity contribution < 1.29 is 0 Å². The molecule has 0 atom stereocenters. The zero-order valence-electron chi connectivity index (χ0n) is 12.3. The normalized spacial score (nSPS) is 11.5. The molecule has 3 aromatic rings. The van der Waals surface area contributed by atoms with Crippen molar-refractivity contribution in [2.45, 2.75) is 26.7 Å². The van der Waals surface area contributed by atoms with Crippen LogP contribution < -0.4 is 5.69 Å². The minimum absolute atomic E-state index is 0.244. The maximum absolute atomic E-state index is 12.3. The lowest BCUT2D eigenvalue weighted by Crippen LogP contribution is -2.15. The number of benzene rings is 1. The summed E-state index contributed by atoms with van der Waals surface area (Å²) in [4.78, 5) is 23.5. The fourth-order valence-corrected chi connectivity index (χ4v) is 3.17. The molecule has 1 aromatic carbocycles. The van der Waals surface area contributed by atoms with E-state index in [9.17, 15) is 4.79 Å². The first kappa shape index (κ1) is 15.2. The maximum atomic E-state index is 12.3. The SMILES string of the molecule is Cc1nc(Cl)c2[nH]c(=O)n(-c3ccc(C(C)C)cc3Br)c2n1. The predicted octanol–water partition coefficient (Wildman–Crippen LogP) is 3.96. The van der Waals surface area contributed by atoms with Crippen molar-refractivity contribution in [3.05, 3.63) is 49.7 Å². The van der Waals surface area contributed by atoms with Crippen LogP contribution in [0.3, 0.4) is 0 Å². The molecule has 7 heteroatoms. The van der Waals surface area contributed by atoms with Crippen molar-refractivity contribution in [3.63, 3.8) is 0 Å². The van der Waals surface area contributed by atoms with Gasteiger partial charge in [0.25, 0.3) is 0 Å². The lowest BCUT2D eigenvalue weighted by atomic mass is 10.0. The van der Waals surface area contributed by atoms with E-state index in [2.05, 4.69) is 44.7 Å². The van der Waals surface area contributed by atoms with E-state index in [4.69, 9.17) is 11.6 Å². The number of fused-ring (bicyclic) bond motifs is 1. The van der Waals surface area contributed by atoms with Crippen LogP contribution in [0.15, 0.2) is 27.5 Å². The fraction of sp³-hybridized carbons (Fsp3) is 0.267. The molecular weight excluding hydrogens is 368 g/mol. The van der Waals surface area contributed by atoms with Crippen LogP contribution in [0.2, 0.25) is 5.15 Å². The van der Waals surface area contributed by atoms with E-state index < -0.39 is 0 Å². The lowest BCUT2D eigenvalue weighted by molar-refractivity contribution is 0.863. The minimum Gasteiger partial charge on any atom is -0.301 e. The first-order chi connectivity index (χ1) is 10.4. The Morgan fingerprint density at radius 2 is 2.05 bits per heavy atom. The monoisotopic (exact) mass is 380 g/mol. The highest BCUT2D eigenvalue weighted by molar-refractivity contribution is 9.10. The Kier molecular flexibility index (Phi) is 3.82. The topological polar surface area (TPSA) is 63.6 Å². The Balaban J connectivity index is 2.31. The number of hydrogen-bond acceptors (Lipinski definition) is 3. The molecule has 0 aliphatic heterocycles. The highest BCUT2D eigenvalue weighted by atomic mass is 79.9. The molecule has 1 N–H and O–H groups in total. The molecule has 0 unspecified atom stereocenters. The highest BCUT2D eigenvalue weighted by Crippen LogP contribution is 2.28. The van der Waals surface area contributed by atoms with E-state index in [1.807, 2.05) is 18.2 Å². The minimum atomic E-state index is -0.296. The molecule has 3 rings (SSSR count). The Morgan fingerprint density at radius 1 is 1.32 bits per heavy atom. The summed E-state index contributed by atoms with van der Waals surface area (Å²) >= 11 is 9.64. The van der Waals surface area contributed by atoms with Gasteiger partial charge in [-0.3, -0.25) is 0 Å². The van der Waals surface area contributed by atoms with Gasteiger partial charge in [0, 0.05) is 4.47 Å². The summed E-state index contributed by atoms with van der Waals surface area (Å²) in [5.41, 5.74) is 2.52. The second-order valence-corrected chi connectivity index (χ2v) is 6.60. The molecule has 114 valence electrons. The van der Waals surface area contributed by atoms with E-state index >= 15 is 0 Å².